The van der Waals surface area contributed by atoms with E-state index < -0.39 is 0 Å². The van der Waals surface area contributed by atoms with Gasteiger partial charge in [0.2, 0.25) is 0 Å². The molecule has 3 rings (SSSR count). The van der Waals surface area contributed by atoms with Crippen molar-refractivity contribution in [3.05, 3.63) is 22.2 Å². The molecular weight excluding hydrogens is 282 g/mol. The first kappa shape index (κ1) is 11.4. The Hall–Kier alpha value is -0.740. The predicted molar refractivity (Wildman–Crippen MR) is 69.4 cm³/mol. The first-order valence-corrected chi connectivity index (χ1v) is 6.89. The van der Waals surface area contributed by atoms with Gasteiger partial charge in [0.15, 0.2) is 11.5 Å². The van der Waals surface area contributed by atoms with Crippen LogP contribution in [0.5, 0.6) is 11.5 Å². The quantitative estimate of drug-likeness (QED) is 0.912. The Labute approximate surface area is 109 Å². The molecule has 4 heteroatoms. The van der Waals surface area contributed by atoms with Gasteiger partial charge in [-0.3, -0.25) is 0 Å². The van der Waals surface area contributed by atoms with E-state index in [4.69, 9.17) is 15.2 Å². The van der Waals surface area contributed by atoms with E-state index in [1.807, 2.05) is 12.1 Å². The SMILES string of the molecule is NC(c1cc2c(cc1Br)OCCO2)C1CCC1. The molecule has 1 atom stereocenters. The summed E-state index contributed by atoms with van der Waals surface area (Å²) < 4.78 is 12.2. The fraction of sp³-hybridized carbons (Fsp3) is 0.538. The average Bonchev–Trinajstić information content (AvgIpc) is 2.25. The number of rotatable bonds is 2. The van der Waals surface area contributed by atoms with E-state index in [1.165, 1.54) is 19.3 Å². The molecular formula is C13H16BrNO2. The van der Waals surface area contributed by atoms with Gasteiger partial charge in [0, 0.05) is 10.5 Å². The van der Waals surface area contributed by atoms with Gasteiger partial charge < -0.3 is 15.2 Å². The smallest absolute Gasteiger partial charge is 0.162 e. The summed E-state index contributed by atoms with van der Waals surface area (Å²) in [5.41, 5.74) is 7.45. The molecule has 1 saturated carbocycles. The van der Waals surface area contributed by atoms with Crippen LogP contribution >= 0.6 is 15.9 Å². The summed E-state index contributed by atoms with van der Waals surface area (Å²) in [6.07, 6.45) is 3.78. The van der Waals surface area contributed by atoms with Crippen LogP contribution in [0.4, 0.5) is 0 Å². The second-order valence-electron chi connectivity index (χ2n) is 4.73. The highest BCUT2D eigenvalue weighted by atomic mass is 79.9. The minimum absolute atomic E-state index is 0.106. The number of hydrogen-bond donors (Lipinski definition) is 1. The monoisotopic (exact) mass is 297 g/mol. The maximum Gasteiger partial charge on any atom is 0.162 e. The molecule has 1 unspecified atom stereocenters. The van der Waals surface area contributed by atoms with Crippen LogP contribution in [0.2, 0.25) is 0 Å². The summed E-state index contributed by atoms with van der Waals surface area (Å²) in [4.78, 5) is 0. The Morgan fingerprint density at radius 1 is 1.18 bits per heavy atom. The largest absolute Gasteiger partial charge is 0.486 e. The Bertz CT molecular complexity index is 432. The van der Waals surface area contributed by atoms with E-state index in [1.54, 1.807) is 0 Å². The van der Waals surface area contributed by atoms with E-state index >= 15 is 0 Å². The van der Waals surface area contributed by atoms with Gasteiger partial charge in [-0.25, -0.2) is 0 Å². The van der Waals surface area contributed by atoms with Crippen LogP contribution in [0.3, 0.4) is 0 Å². The fourth-order valence-corrected chi connectivity index (χ4v) is 2.97. The van der Waals surface area contributed by atoms with Gasteiger partial charge in [0.25, 0.3) is 0 Å². The summed E-state index contributed by atoms with van der Waals surface area (Å²) in [5.74, 6) is 2.26. The minimum atomic E-state index is 0.106. The third-order valence-electron chi connectivity index (χ3n) is 3.68. The van der Waals surface area contributed by atoms with Crippen molar-refractivity contribution >= 4 is 15.9 Å². The number of nitrogens with two attached hydrogens (primary N) is 1. The predicted octanol–water partition coefficient (Wildman–Crippen LogP) is 3.02. The van der Waals surface area contributed by atoms with Gasteiger partial charge in [0.1, 0.15) is 13.2 Å². The molecule has 17 heavy (non-hydrogen) atoms. The highest BCUT2D eigenvalue weighted by Crippen LogP contribution is 2.42. The van der Waals surface area contributed by atoms with E-state index in [9.17, 15) is 0 Å². The molecule has 1 aliphatic carbocycles. The molecule has 1 aliphatic heterocycles. The van der Waals surface area contributed by atoms with Crippen molar-refractivity contribution in [2.75, 3.05) is 13.2 Å². The summed E-state index contributed by atoms with van der Waals surface area (Å²) in [5, 5.41) is 0. The van der Waals surface area contributed by atoms with Gasteiger partial charge in [-0.2, -0.15) is 0 Å². The lowest BCUT2D eigenvalue weighted by molar-refractivity contribution is 0.170. The summed E-state index contributed by atoms with van der Waals surface area (Å²) in [7, 11) is 0. The van der Waals surface area contributed by atoms with Crippen molar-refractivity contribution in [2.45, 2.75) is 25.3 Å². The zero-order valence-electron chi connectivity index (χ0n) is 9.62. The van der Waals surface area contributed by atoms with Crippen LogP contribution in [0.1, 0.15) is 30.9 Å². The summed E-state index contributed by atoms with van der Waals surface area (Å²) in [6, 6.07) is 4.11. The van der Waals surface area contributed by atoms with Gasteiger partial charge in [0.05, 0.1) is 0 Å². The second-order valence-corrected chi connectivity index (χ2v) is 5.59. The Morgan fingerprint density at radius 3 is 2.41 bits per heavy atom. The second kappa shape index (κ2) is 4.50. The van der Waals surface area contributed by atoms with Gasteiger partial charge >= 0.3 is 0 Å². The summed E-state index contributed by atoms with van der Waals surface area (Å²) >= 11 is 3.58. The molecule has 0 aromatic heterocycles. The normalized spacial score (nSPS) is 20.8. The molecule has 0 saturated heterocycles. The maximum absolute atomic E-state index is 6.31. The zero-order valence-corrected chi connectivity index (χ0v) is 11.2. The van der Waals surface area contributed by atoms with Crippen LogP contribution in [0.25, 0.3) is 0 Å². The zero-order chi connectivity index (χ0) is 11.8. The van der Waals surface area contributed by atoms with Crippen molar-refractivity contribution in [1.29, 1.82) is 0 Å². The first-order valence-electron chi connectivity index (χ1n) is 6.10. The van der Waals surface area contributed by atoms with Crippen molar-refractivity contribution < 1.29 is 9.47 Å². The van der Waals surface area contributed by atoms with E-state index in [-0.39, 0.29) is 6.04 Å². The van der Waals surface area contributed by atoms with Crippen molar-refractivity contribution in [2.24, 2.45) is 11.7 Å². The lowest BCUT2D eigenvalue weighted by Crippen LogP contribution is -2.27. The molecule has 0 amide bonds. The Balaban J connectivity index is 1.92. The topological polar surface area (TPSA) is 44.5 Å². The fourth-order valence-electron chi connectivity index (χ4n) is 2.39. The van der Waals surface area contributed by atoms with Crippen molar-refractivity contribution in [3.63, 3.8) is 0 Å². The average molecular weight is 298 g/mol. The first-order chi connectivity index (χ1) is 8.25. The van der Waals surface area contributed by atoms with Gasteiger partial charge in [-0.05, 0) is 36.5 Å². The molecule has 0 spiro atoms. The maximum atomic E-state index is 6.31. The molecule has 1 aromatic carbocycles. The number of fused-ring (bicyclic) bond motifs is 1. The minimum Gasteiger partial charge on any atom is -0.486 e. The van der Waals surface area contributed by atoms with Crippen LogP contribution in [-0.2, 0) is 0 Å². The van der Waals surface area contributed by atoms with Gasteiger partial charge in [-0.15, -0.1) is 0 Å². The van der Waals surface area contributed by atoms with E-state index in [2.05, 4.69) is 15.9 Å². The molecule has 1 aromatic rings. The number of hydrogen-bond acceptors (Lipinski definition) is 3. The van der Waals surface area contributed by atoms with Crippen LogP contribution in [0.15, 0.2) is 16.6 Å². The van der Waals surface area contributed by atoms with E-state index in [0.29, 0.717) is 19.1 Å². The molecule has 2 aliphatic rings. The lowest BCUT2D eigenvalue weighted by atomic mass is 9.77. The molecule has 0 radical (unpaired) electrons. The third-order valence-corrected chi connectivity index (χ3v) is 4.37. The van der Waals surface area contributed by atoms with Crippen molar-refractivity contribution in [3.8, 4) is 11.5 Å². The lowest BCUT2D eigenvalue weighted by Gasteiger charge is -2.32. The molecule has 1 fully saturated rings. The van der Waals surface area contributed by atoms with Crippen LogP contribution in [-0.4, -0.2) is 13.2 Å². The highest BCUT2D eigenvalue weighted by molar-refractivity contribution is 9.10. The third kappa shape index (κ3) is 2.04. The van der Waals surface area contributed by atoms with Crippen LogP contribution in [0, 0.1) is 5.92 Å². The molecule has 1 heterocycles. The Morgan fingerprint density at radius 2 is 1.82 bits per heavy atom. The van der Waals surface area contributed by atoms with Crippen LogP contribution < -0.4 is 15.2 Å². The van der Waals surface area contributed by atoms with Gasteiger partial charge in [-0.1, -0.05) is 22.4 Å². The molecule has 92 valence electrons. The molecule has 3 nitrogen and oxygen atoms in total. The number of benzene rings is 1. The molecule has 2 N–H and O–H groups in total. The number of ether oxygens (including phenoxy) is 2. The number of halogens is 1. The summed E-state index contributed by atoms with van der Waals surface area (Å²) in [6.45, 7) is 1.24. The standard InChI is InChI=1S/C13H16BrNO2/c14-10-7-12-11(16-4-5-17-12)6-9(10)13(15)8-2-1-3-8/h6-8,13H,1-5,15H2. The van der Waals surface area contributed by atoms with E-state index in [0.717, 1.165) is 21.5 Å². The highest BCUT2D eigenvalue weighted by Gasteiger charge is 2.28. The Kier molecular flexibility index (Phi) is 3.01. The molecule has 0 bridgehead atoms. The van der Waals surface area contributed by atoms with Crippen molar-refractivity contribution in [1.82, 2.24) is 0 Å².